The summed E-state index contributed by atoms with van der Waals surface area (Å²) in [6.45, 7) is 9.39. The van der Waals surface area contributed by atoms with E-state index in [1.807, 2.05) is 51.2 Å². The number of nitrogens with zero attached hydrogens (tertiary/aromatic N) is 1. The van der Waals surface area contributed by atoms with Crippen molar-refractivity contribution in [3.63, 3.8) is 0 Å². The Bertz CT molecular complexity index is 570. The number of benzene rings is 1. The number of ether oxygens (including phenoxy) is 2. The van der Waals surface area contributed by atoms with Crippen LogP contribution in [0.4, 0.5) is 4.79 Å². The van der Waals surface area contributed by atoms with Gasteiger partial charge in [-0.05, 0) is 25.3 Å². The van der Waals surface area contributed by atoms with Crippen molar-refractivity contribution in [1.29, 1.82) is 0 Å². The highest BCUT2D eigenvalue weighted by atomic mass is 16.6. The van der Waals surface area contributed by atoms with Crippen molar-refractivity contribution in [3.8, 4) is 0 Å². The average molecular weight is 350 g/mol. The monoisotopic (exact) mass is 350 g/mol. The molecule has 4 atom stereocenters. The highest BCUT2D eigenvalue weighted by Gasteiger charge is 2.56. The third-order valence-corrected chi connectivity index (χ3v) is 5.31. The molecule has 0 radical (unpaired) electrons. The quantitative estimate of drug-likeness (QED) is 0.577. The second-order valence-electron chi connectivity index (χ2n) is 7.87. The lowest BCUT2D eigenvalue weighted by molar-refractivity contribution is -0.867. The Morgan fingerprint density at radius 3 is 2.44 bits per heavy atom. The highest BCUT2D eigenvalue weighted by molar-refractivity contribution is 5.60. The van der Waals surface area contributed by atoms with E-state index in [-0.39, 0.29) is 23.2 Å². The van der Waals surface area contributed by atoms with Crippen LogP contribution in [-0.4, -0.2) is 53.6 Å². The van der Waals surface area contributed by atoms with Crippen molar-refractivity contribution >= 4 is 6.09 Å². The molecule has 1 N–H and O–H groups in total. The predicted octanol–water partition coefficient (Wildman–Crippen LogP) is 3.35. The number of epoxide rings is 1. The topological polar surface area (TPSA) is 59.1 Å². The van der Waals surface area contributed by atoms with E-state index in [2.05, 4.69) is 13.8 Å². The SMILES string of the molecule is CC[N+](C)(C(=O)OCc1ccccc1)[C@@H](CC(C)C)[C@@H](O)[C@@]1(C)CO1. The summed E-state index contributed by atoms with van der Waals surface area (Å²) in [5.41, 5.74) is 0.408. The minimum absolute atomic E-state index is 0.0468. The standard InChI is InChI=1S/C20H32NO4/c1-6-21(5,19(23)24-13-16-10-8-7-9-11-16)17(12-15(2)3)18(22)20(4)14-25-20/h7-11,15,17-18,22H,6,12-14H2,1-5H3/q+1/t17-,18+,20+,21?/m0/s1. The molecule has 1 fully saturated rings. The molecule has 0 spiro atoms. The molecule has 0 aromatic heterocycles. The van der Waals surface area contributed by atoms with Crippen molar-refractivity contribution in [1.82, 2.24) is 0 Å². The molecule has 140 valence electrons. The third kappa shape index (κ3) is 4.60. The van der Waals surface area contributed by atoms with Gasteiger partial charge in [-0.3, -0.25) is 0 Å². The van der Waals surface area contributed by atoms with Gasteiger partial charge in [0.1, 0.15) is 24.4 Å². The number of likely N-dealkylation sites (N-methyl/N-ethyl adjacent to an activating group) is 1. The van der Waals surface area contributed by atoms with Gasteiger partial charge in [-0.25, -0.2) is 4.48 Å². The zero-order chi connectivity index (χ0) is 18.7. The summed E-state index contributed by atoms with van der Waals surface area (Å²) in [7, 11) is 1.86. The van der Waals surface area contributed by atoms with E-state index in [9.17, 15) is 9.90 Å². The fraction of sp³-hybridized carbons (Fsp3) is 0.650. The lowest BCUT2D eigenvalue weighted by atomic mass is 9.89. The number of hydrogen-bond donors (Lipinski definition) is 1. The van der Waals surface area contributed by atoms with Crippen molar-refractivity contribution in [2.75, 3.05) is 20.2 Å². The molecule has 1 saturated heterocycles. The van der Waals surface area contributed by atoms with Crippen LogP contribution in [0.25, 0.3) is 0 Å². The Hall–Kier alpha value is -1.43. The molecule has 0 bridgehead atoms. The molecular weight excluding hydrogens is 318 g/mol. The molecule has 1 unspecified atom stereocenters. The number of amides is 1. The molecule has 0 saturated carbocycles. The maximum Gasteiger partial charge on any atom is 0.516 e. The van der Waals surface area contributed by atoms with Crippen LogP contribution in [0.15, 0.2) is 30.3 Å². The summed E-state index contributed by atoms with van der Waals surface area (Å²) in [4.78, 5) is 12.9. The lowest BCUT2D eigenvalue weighted by Crippen LogP contribution is -2.63. The molecule has 0 aliphatic carbocycles. The fourth-order valence-electron chi connectivity index (χ4n) is 3.21. The van der Waals surface area contributed by atoms with Gasteiger partial charge in [0.15, 0.2) is 0 Å². The second kappa shape index (κ2) is 7.85. The van der Waals surface area contributed by atoms with Gasteiger partial charge < -0.3 is 14.6 Å². The number of carbonyl (C=O) groups is 1. The van der Waals surface area contributed by atoms with E-state index in [1.54, 1.807) is 0 Å². The first-order valence-corrected chi connectivity index (χ1v) is 9.11. The van der Waals surface area contributed by atoms with E-state index < -0.39 is 11.7 Å². The first-order chi connectivity index (χ1) is 11.7. The first-order valence-electron chi connectivity index (χ1n) is 9.11. The molecule has 1 aromatic carbocycles. The van der Waals surface area contributed by atoms with Crippen LogP contribution in [-0.2, 0) is 16.1 Å². The van der Waals surface area contributed by atoms with Crippen LogP contribution >= 0.6 is 0 Å². The van der Waals surface area contributed by atoms with Gasteiger partial charge in [-0.2, -0.15) is 4.79 Å². The summed E-state index contributed by atoms with van der Waals surface area (Å²) in [6, 6.07) is 9.39. The Balaban J connectivity index is 2.16. The van der Waals surface area contributed by atoms with E-state index in [4.69, 9.17) is 9.47 Å². The van der Waals surface area contributed by atoms with Crippen molar-refractivity contribution in [3.05, 3.63) is 35.9 Å². The fourth-order valence-corrected chi connectivity index (χ4v) is 3.21. The molecule has 1 aliphatic rings. The van der Waals surface area contributed by atoms with Crippen LogP contribution in [0.2, 0.25) is 0 Å². The maximum atomic E-state index is 12.9. The van der Waals surface area contributed by atoms with Gasteiger partial charge in [0.25, 0.3) is 0 Å². The average Bonchev–Trinajstić information content (AvgIpc) is 3.35. The minimum atomic E-state index is -0.705. The molecule has 5 heteroatoms. The smallest absolute Gasteiger partial charge is 0.415 e. The predicted molar refractivity (Wildman–Crippen MR) is 97.0 cm³/mol. The molecule has 2 rings (SSSR count). The zero-order valence-electron chi connectivity index (χ0n) is 16.1. The number of aliphatic hydroxyl groups is 1. The third-order valence-electron chi connectivity index (χ3n) is 5.31. The maximum absolute atomic E-state index is 12.9. The van der Waals surface area contributed by atoms with E-state index in [0.29, 0.717) is 19.1 Å². The first kappa shape index (κ1) is 19.9. The van der Waals surface area contributed by atoms with Gasteiger partial charge in [0, 0.05) is 6.42 Å². The van der Waals surface area contributed by atoms with Gasteiger partial charge in [0.05, 0.1) is 20.2 Å². The molecule has 25 heavy (non-hydrogen) atoms. The van der Waals surface area contributed by atoms with Gasteiger partial charge in [0.2, 0.25) is 0 Å². The van der Waals surface area contributed by atoms with Gasteiger partial charge in [-0.15, -0.1) is 0 Å². The zero-order valence-corrected chi connectivity index (χ0v) is 16.1. The highest BCUT2D eigenvalue weighted by Crippen LogP contribution is 2.37. The number of quaternary nitrogens is 1. The number of carbonyl (C=O) groups excluding carboxylic acids is 1. The van der Waals surface area contributed by atoms with Crippen LogP contribution in [0, 0.1) is 5.92 Å². The molecule has 1 aromatic rings. The molecular formula is C20H32NO4+. The number of hydrogen-bond acceptors (Lipinski definition) is 4. The van der Waals surface area contributed by atoms with Crippen molar-refractivity contribution in [2.45, 2.75) is 58.5 Å². The minimum Gasteiger partial charge on any atom is -0.415 e. The van der Waals surface area contributed by atoms with E-state index in [0.717, 1.165) is 12.0 Å². The summed E-state index contributed by atoms with van der Waals surface area (Å²) in [5.74, 6) is 0.355. The van der Waals surface area contributed by atoms with Crippen LogP contribution < -0.4 is 0 Å². The van der Waals surface area contributed by atoms with Crippen molar-refractivity contribution in [2.24, 2.45) is 5.92 Å². The normalized spacial score (nSPS) is 24.4. The number of rotatable bonds is 8. The molecule has 1 amide bonds. The Morgan fingerprint density at radius 1 is 1.36 bits per heavy atom. The van der Waals surface area contributed by atoms with Gasteiger partial charge in [-0.1, -0.05) is 44.2 Å². The van der Waals surface area contributed by atoms with E-state index >= 15 is 0 Å². The Morgan fingerprint density at radius 2 is 1.96 bits per heavy atom. The summed E-state index contributed by atoms with van der Waals surface area (Å²) >= 11 is 0. The van der Waals surface area contributed by atoms with Crippen LogP contribution in [0.5, 0.6) is 0 Å². The molecule has 1 aliphatic heterocycles. The summed E-state index contributed by atoms with van der Waals surface area (Å²) in [5, 5.41) is 10.9. The second-order valence-corrected chi connectivity index (χ2v) is 7.87. The summed E-state index contributed by atoms with van der Waals surface area (Å²) < 4.78 is 11.1. The van der Waals surface area contributed by atoms with Gasteiger partial charge >= 0.3 is 6.09 Å². The lowest BCUT2D eigenvalue weighted by Gasteiger charge is -2.41. The number of aliphatic hydroxyl groups excluding tert-OH is 1. The van der Waals surface area contributed by atoms with Crippen molar-refractivity contribution < 1.29 is 23.9 Å². The molecule has 5 nitrogen and oxygen atoms in total. The van der Waals surface area contributed by atoms with Crippen LogP contribution in [0.3, 0.4) is 0 Å². The Labute approximate surface area is 151 Å². The summed E-state index contributed by atoms with van der Waals surface area (Å²) in [6.07, 6.45) is -0.283. The van der Waals surface area contributed by atoms with E-state index in [1.165, 1.54) is 0 Å². The van der Waals surface area contributed by atoms with Crippen LogP contribution in [0.1, 0.15) is 39.7 Å². The largest absolute Gasteiger partial charge is 0.516 e. The molecule has 1 heterocycles. The Kier molecular flexibility index (Phi) is 6.25.